The van der Waals surface area contributed by atoms with Crippen LogP contribution in [0, 0.1) is 5.41 Å². The highest BCUT2D eigenvalue weighted by Crippen LogP contribution is 2.61. The molecule has 0 spiro atoms. The molecule has 3 aromatic heterocycles. The fourth-order valence-electron chi connectivity index (χ4n) is 10.8. The second-order valence-electron chi connectivity index (χ2n) is 19.3. The second kappa shape index (κ2) is 14.2. The molecule has 5 nitrogen and oxygen atoms in total. The molecule has 3 heterocycles. The van der Waals surface area contributed by atoms with Crippen LogP contribution in [-0.2, 0) is 10.8 Å². The van der Waals surface area contributed by atoms with Gasteiger partial charge in [-0.05, 0) is 80.0 Å². The van der Waals surface area contributed by atoms with E-state index >= 15 is 0 Å². The summed E-state index contributed by atoms with van der Waals surface area (Å²) in [7, 11) is 0. The molecule has 0 amide bonds. The molecule has 0 radical (unpaired) electrons. The van der Waals surface area contributed by atoms with Crippen molar-refractivity contribution in [2.75, 3.05) is 0 Å². The van der Waals surface area contributed by atoms with E-state index in [0.717, 1.165) is 60.8 Å². The van der Waals surface area contributed by atoms with Gasteiger partial charge in [-0.25, -0.2) is 4.98 Å². The van der Waals surface area contributed by atoms with Crippen molar-refractivity contribution in [2.45, 2.75) is 52.4 Å². The average Bonchev–Trinajstić information content (AvgIpc) is 3.90. The van der Waals surface area contributed by atoms with Gasteiger partial charge in [0.05, 0.1) is 22.1 Å². The van der Waals surface area contributed by atoms with Crippen LogP contribution in [0.4, 0.5) is 0 Å². The van der Waals surface area contributed by atoms with Gasteiger partial charge in [-0.3, -0.25) is 4.57 Å². The van der Waals surface area contributed by atoms with Crippen molar-refractivity contribution >= 4 is 43.6 Å². The Morgan fingerprint density at radius 1 is 0.338 bits per heavy atom. The molecule has 0 fully saturated rings. The van der Waals surface area contributed by atoms with Gasteiger partial charge >= 0.3 is 0 Å². The number of fused-ring (bicyclic) bond motifs is 8. The Morgan fingerprint density at radius 3 is 1.48 bits per heavy atom. The Morgan fingerprint density at radius 2 is 0.815 bits per heavy atom. The van der Waals surface area contributed by atoms with E-state index in [1.807, 2.05) is 24.3 Å². The lowest BCUT2D eigenvalue weighted by Gasteiger charge is -2.44. The maximum atomic E-state index is 5.40. The quantitative estimate of drug-likeness (QED) is 0.168. The first kappa shape index (κ1) is 39.0. The normalized spacial score (nSPS) is 15.0. The van der Waals surface area contributed by atoms with Gasteiger partial charge < -0.3 is 4.57 Å². The van der Waals surface area contributed by atoms with Crippen LogP contribution in [0.2, 0.25) is 0 Å². The van der Waals surface area contributed by atoms with Crippen LogP contribution in [0.15, 0.2) is 188 Å². The molecule has 0 saturated carbocycles. The van der Waals surface area contributed by atoms with Gasteiger partial charge in [0.1, 0.15) is 0 Å². The van der Waals surface area contributed by atoms with Crippen molar-refractivity contribution in [3.8, 4) is 56.7 Å². The summed E-state index contributed by atoms with van der Waals surface area (Å²) in [5.74, 6) is 1.80. The van der Waals surface area contributed by atoms with Crippen LogP contribution in [-0.4, -0.2) is 24.1 Å². The highest BCUT2D eigenvalue weighted by molar-refractivity contribution is 6.23. The first-order chi connectivity index (χ1) is 31.5. The van der Waals surface area contributed by atoms with Gasteiger partial charge in [0.15, 0.2) is 11.6 Å². The van der Waals surface area contributed by atoms with E-state index in [1.165, 1.54) is 33.0 Å². The zero-order valence-electron chi connectivity index (χ0n) is 37.6. The summed E-state index contributed by atoms with van der Waals surface area (Å²) in [6.07, 6.45) is 0. The van der Waals surface area contributed by atoms with Gasteiger partial charge in [0.25, 0.3) is 0 Å². The minimum atomic E-state index is 0.0297. The Labute approximate surface area is 379 Å². The molecule has 1 aliphatic carbocycles. The van der Waals surface area contributed by atoms with E-state index in [9.17, 15) is 0 Å². The number of aromatic nitrogens is 5. The van der Waals surface area contributed by atoms with Crippen molar-refractivity contribution in [3.63, 3.8) is 0 Å². The van der Waals surface area contributed by atoms with Crippen LogP contribution in [0.3, 0.4) is 0 Å². The molecular weight excluding hydrogens is 791 g/mol. The monoisotopic (exact) mass is 839 g/mol. The van der Waals surface area contributed by atoms with Crippen LogP contribution < -0.4 is 0 Å². The molecule has 0 aliphatic heterocycles. The number of hydrogen-bond acceptors (Lipinski definition) is 3. The maximum absolute atomic E-state index is 5.40. The van der Waals surface area contributed by atoms with E-state index < -0.39 is 0 Å². The van der Waals surface area contributed by atoms with Gasteiger partial charge in [0.2, 0.25) is 5.95 Å². The highest BCUT2D eigenvalue weighted by atomic mass is 15.2. The van der Waals surface area contributed by atoms with E-state index in [4.69, 9.17) is 15.0 Å². The summed E-state index contributed by atoms with van der Waals surface area (Å²) in [5, 5.41) is 4.63. The Balaban J connectivity index is 1.09. The number of hydrogen-bond donors (Lipinski definition) is 0. The Hall–Kier alpha value is -7.63. The third kappa shape index (κ3) is 5.74. The number of para-hydroxylation sites is 2. The van der Waals surface area contributed by atoms with Crippen LogP contribution in [0.25, 0.3) is 100 Å². The first-order valence-corrected chi connectivity index (χ1v) is 22.7. The van der Waals surface area contributed by atoms with E-state index in [1.54, 1.807) is 0 Å². The molecule has 0 unspecified atom stereocenters. The topological polar surface area (TPSA) is 48.5 Å². The van der Waals surface area contributed by atoms with Crippen molar-refractivity contribution in [1.29, 1.82) is 0 Å². The van der Waals surface area contributed by atoms with Gasteiger partial charge in [-0.15, -0.1) is 0 Å². The van der Waals surface area contributed by atoms with Gasteiger partial charge in [-0.1, -0.05) is 199 Å². The third-order valence-electron chi connectivity index (χ3n) is 15.5. The molecule has 0 saturated heterocycles. The molecule has 5 heteroatoms. The smallest absolute Gasteiger partial charge is 0.238 e. The molecule has 0 N–H and O–H groups in total. The average molecular weight is 840 g/mol. The summed E-state index contributed by atoms with van der Waals surface area (Å²) in [5.41, 5.74) is 15.1. The summed E-state index contributed by atoms with van der Waals surface area (Å²) in [6, 6.07) is 67.5. The molecule has 11 aromatic rings. The second-order valence-corrected chi connectivity index (χ2v) is 19.3. The lowest BCUT2D eigenvalue weighted by atomic mass is 9.59. The molecule has 8 aromatic carbocycles. The predicted octanol–water partition coefficient (Wildman–Crippen LogP) is 15.3. The molecule has 0 atom stereocenters. The third-order valence-corrected chi connectivity index (χ3v) is 15.5. The molecule has 12 rings (SSSR count). The molecular formula is C60H49N5. The summed E-state index contributed by atoms with van der Waals surface area (Å²) >= 11 is 0. The Kier molecular flexibility index (Phi) is 8.51. The summed E-state index contributed by atoms with van der Waals surface area (Å²) in [6.45, 7) is 14.5. The summed E-state index contributed by atoms with van der Waals surface area (Å²) < 4.78 is 4.71. The number of nitrogens with zero attached hydrogens (tertiary/aromatic N) is 5. The zero-order chi connectivity index (χ0) is 44.2. The first-order valence-electron chi connectivity index (χ1n) is 22.7. The van der Waals surface area contributed by atoms with Crippen LogP contribution >= 0.6 is 0 Å². The van der Waals surface area contributed by atoms with E-state index in [-0.39, 0.29) is 16.2 Å². The van der Waals surface area contributed by atoms with E-state index in [2.05, 4.69) is 214 Å². The molecule has 65 heavy (non-hydrogen) atoms. The zero-order valence-corrected chi connectivity index (χ0v) is 37.6. The number of benzene rings is 8. The Bertz CT molecular complexity index is 3660. The fraction of sp³-hybridized carbons (Fsp3) is 0.150. The maximum Gasteiger partial charge on any atom is 0.238 e. The summed E-state index contributed by atoms with van der Waals surface area (Å²) in [4.78, 5) is 15.9. The predicted molar refractivity (Wildman–Crippen MR) is 270 cm³/mol. The lowest BCUT2D eigenvalue weighted by Crippen LogP contribution is -2.42. The van der Waals surface area contributed by atoms with Gasteiger partial charge in [0, 0.05) is 38.4 Å². The molecule has 1 aliphatic rings. The fourth-order valence-corrected chi connectivity index (χ4v) is 10.8. The molecule has 314 valence electrons. The van der Waals surface area contributed by atoms with Crippen molar-refractivity contribution in [2.24, 2.45) is 5.41 Å². The van der Waals surface area contributed by atoms with Gasteiger partial charge in [-0.2, -0.15) is 9.97 Å². The molecule has 0 bridgehead atoms. The minimum absolute atomic E-state index is 0.0297. The largest absolute Gasteiger partial charge is 0.307 e. The van der Waals surface area contributed by atoms with E-state index in [0.29, 0.717) is 17.6 Å². The minimum Gasteiger partial charge on any atom is -0.307 e. The van der Waals surface area contributed by atoms with Crippen LogP contribution in [0.5, 0.6) is 0 Å². The van der Waals surface area contributed by atoms with Crippen molar-refractivity contribution in [3.05, 3.63) is 199 Å². The van der Waals surface area contributed by atoms with Crippen LogP contribution in [0.1, 0.15) is 52.7 Å². The lowest BCUT2D eigenvalue weighted by molar-refractivity contribution is 0.125. The van der Waals surface area contributed by atoms with Crippen molar-refractivity contribution < 1.29 is 0 Å². The number of rotatable bonds is 6. The SMILES string of the molecule is CC1(C)c2ccc(-c3ccc(-n4c5ccccc5c5ccc6c7ccccc7n(-c7nc(-c8ccccc8)nc(-c8cccc(-c9ccccc9)c8)n7)c6c54)cc3)cc2C(C)(C)C1(C)C. The van der Waals surface area contributed by atoms with Crippen molar-refractivity contribution in [1.82, 2.24) is 24.1 Å². The highest BCUT2D eigenvalue weighted by Gasteiger charge is 2.56. The standard InChI is InChI=1S/C60H49N5/c1-58(2)49-35-30-42(37-50(49)59(3,4)60(58,5)6)39-28-31-44(32-29-39)64-51-26-15-13-24-45(51)47-33-34-48-46-25-14-16-27-52(46)65(54(48)53(47)64)57-62-55(40-20-11-8-12-21-40)61-56(63-57)43-23-17-22-41(36-43)38-18-9-7-10-19-38/h7-37H,1-6H3.